The number of aromatic carboxylic acids is 1. The minimum absolute atomic E-state index is 0.00270. The number of thioether (sulfide) groups is 2. The molecule has 1 amide bonds. The number of halogens is 2. The molecule has 0 spiro atoms. The normalized spacial score (nSPS) is 13.9. The van der Waals surface area contributed by atoms with Crippen molar-refractivity contribution >= 4 is 68.7 Å². The summed E-state index contributed by atoms with van der Waals surface area (Å²) in [7, 11) is 3.82. The predicted molar refractivity (Wildman–Crippen MR) is 200 cm³/mol. The molecule has 0 saturated carbocycles. The van der Waals surface area contributed by atoms with E-state index in [-0.39, 0.29) is 30.6 Å². The molecule has 0 atom stereocenters. The molecule has 0 unspecified atom stereocenters. The smallest absolute Gasteiger partial charge is 0.352 e. The Hall–Kier alpha value is -4.46. The number of ether oxygens (including phenoxy) is 1. The summed E-state index contributed by atoms with van der Waals surface area (Å²) in [6, 6.07) is 14.3. The van der Waals surface area contributed by atoms with Crippen LogP contribution < -0.4 is 10.1 Å². The van der Waals surface area contributed by atoms with Crippen LogP contribution in [-0.4, -0.2) is 47.7 Å². The number of aryl methyl sites for hydroxylation is 3. The van der Waals surface area contributed by atoms with Crippen LogP contribution in [0.4, 0.5) is 4.39 Å². The van der Waals surface area contributed by atoms with E-state index in [4.69, 9.17) is 26.5 Å². The highest BCUT2D eigenvalue weighted by Gasteiger charge is 2.29. The second kappa shape index (κ2) is 14.3. The molecule has 4 heterocycles. The van der Waals surface area contributed by atoms with Crippen LogP contribution in [0.2, 0.25) is 5.02 Å². The number of benzene rings is 3. The molecule has 2 N–H and O–H groups in total. The zero-order chi connectivity index (χ0) is 36.0. The van der Waals surface area contributed by atoms with Crippen LogP contribution in [-0.2, 0) is 49.2 Å². The number of nitrogens with one attached hydrogen (secondary N) is 1. The van der Waals surface area contributed by atoms with E-state index in [2.05, 4.69) is 11.4 Å². The molecule has 0 radical (unpaired) electrons. The lowest BCUT2D eigenvalue weighted by Crippen LogP contribution is -2.21. The van der Waals surface area contributed by atoms with Gasteiger partial charge in [0.2, 0.25) is 5.91 Å². The maximum atomic E-state index is 14.4. The topological polar surface area (TPSA) is 116 Å². The van der Waals surface area contributed by atoms with Gasteiger partial charge >= 0.3 is 5.97 Å². The third-order valence-electron chi connectivity index (χ3n) is 9.19. The van der Waals surface area contributed by atoms with Crippen LogP contribution in [0.25, 0.3) is 32.8 Å². The molecule has 3 aromatic heterocycles. The third kappa shape index (κ3) is 6.82. The van der Waals surface area contributed by atoms with Crippen LogP contribution in [0.1, 0.15) is 52.2 Å². The third-order valence-corrected chi connectivity index (χ3v) is 11.5. The Morgan fingerprint density at radius 2 is 1.86 bits per heavy atom. The van der Waals surface area contributed by atoms with Gasteiger partial charge in [0, 0.05) is 106 Å². The van der Waals surface area contributed by atoms with Gasteiger partial charge in [-0.25, -0.2) is 9.18 Å². The monoisotopic (exact) mass is 746 g/mol. The largest absolute Gasteiger partial charge is 0.493 e. The fourth-order valence-corrected chi connectivity index (χ4v) is 8.87. The summed E-state index contributed by atoms with van der Waals surface area (Å²) in [4.78, 5) is 26.1. The molecule has 1 aliphatic rings. The Morgan fingerprint density at radius 3 is 2.65 bits per heavy atom. The van der Waals surface area contributed by atoms with E-state index in [0.29, 0.717) is 63.0 Å². The van der Waals surface area contributed by atoms with Crippen molar-refractivity contribution < 1.29 is 23.8 Å². The SMILES string of the molecule is CC(=O)NCc1c(C(=O)O)n2c3ccc(Cl)c(c13)-c1c(nn(C)c1C)CSCc1cc(n(C)n1)CSc1cc(c3ccc(F)cc3c1)OCCC2. The number of aromatic nitrogens is 5. The van der Waals surface area contributed by atoms with Gasteiger partial charge in [-0.05, 0) is 67.3 Å². The fourth-order valence-electron chi connectivity index (χ4n) is 6.78. The number of nitrogens with zero attached hydrogens (tertiary/aromatic N) is 5. The van der Waals surface area contributed by atoms with Gasteiger partial charge in [0.05, 0.1) is 18.0 Å². The Labute approximate surface area is 307 Å². The van der Waals surface area contributed by atoms with Gasteiger partial charge in [0.1, 0.15) is 17.3 Å². The maximum absolute atomic E-state index is 14.4. The zero-order valence-electron chi connectivity index (χ0n) is 28.5. The molecule has 0 aliphatic carbocycles. The van der Waals surface area contributed by atoms with Crippen molar-refractivity contribution in [2.24, 2.45) is 14.1 Å². The molecule has 3 aromatic carbocycles. The van der Waals surface area contributed by atoms with E-state index < -0.39 is 5.97 Å². The van der Waals surface area contributed by atoms with Crippen molar-refractivity contribution in [3.63, 3.8) is 0 Å². The standard InChI is InChI=1S/C37H36ClFN6O4S2/c1-20-33-30(42-43(20)3)19-50-17-24-14-25(44(4)41-24)18-51-26-13-22-12-23(39)6-7-27(22)32(15-26)49-11-5-10-45-31-9-8-29(38)35(33)34(31)28(16-40-21(2)46)36(45)37(47)48/h6-9,12-15H,5,10-11,16-19H2,1-4H3,(H,40,46)(H,47,48). The quantitative estimate of drug-likeness (QED) is 0.188. The number of amides is 1. The van der Waals surface area contributed by atoms with E-state index in [1.807, 2.05) is 48.6 Å². The van der Waals surface area contributed by atoms with Crippen LogP contribution in [0, 0.1) is 12.7 Å². The Bertz CT molecular complexity index is 2350. The van der Waals surface area contributed by atoms with E-state index in [0.717, 1.165) is 44.0 Å². The Balaban J connectivity index is 1.39. The lowest BCUT2D eigenvalue weighted by atomic mass is 9.96. The molecule has 6 aromatic rings. The van der Waals surface area contributed by atoms with Crippen LogP contribution in [0.5, 0.6) is 5.75 Å². The minimum atomic E-state index is -1.12. The van der Waals surface area contributed by atoms with E-state index >= 15 is 0 Å². The number of carbonyl (C=O) groups excluding carboxylic acids is 1. The number of carboxylic acid groups (broad SMARTS) is 1. The lowest BCUT2D eigenvalue weighted by Gasteiger charge is -2.14. The molecular weight excluding hydrogens is 711 g/mol. The van der Waals surface area contributed by atoms with Gasteiger partial charge in [-0.2, -0.15) is 10.2 Å². The number of hydrogen-bond acceptors (Lipinski definition) is 7. The van der Waals surface area contributed by atoms with Crippen molar-refractivity contribution in [1.82, 2.24) is 29.4 Å². The van der Waals surface area contributed by atoms with Crippen molar-refractivity contribution in [2.75, 3.05) is 6.61 Å². The summed E-state index contributed by atoms with van der Waals surface area (Å²) < 4.78 is 26.2. The maximum Gasteiger partial charge on any atom is 0.352 e. The van der Waals surface area contributed by atoms with E-state index in [9.17, 15) is 19.1 Å². The first-order chi connectivity index (χ1) is 24.5. The first-order valence-corrected chi connectivity index (χ1v) is 18.9. The molecule has 10 nitrogen and oxygen atoms in total. The Morgan fingerprint density at radius 1 is 1.04 bits per heavy atom. The zero-order valence-corrected chi connectivity index (χ0v) is 30.9. The molecular formula is C37H36ClFN6O4S2. The van der Waals surface area contributed by atoms with Gasteiger partial charge in [-0.15, -0.1) is 23.5 Å². The molecule has 14 heteroatoms. The van der Waals surface area contributed by atoms with Crippen molar-refractivity contribution in [2.45, 2.75) is 55.5 Å². The second-order valence-corrected chi connectivity index (χ2v) is 15.0. The molecule has 1 aliphatic heterocycles. The average molecular weight is 747 g/mol. The van der Waals surface area contributed by atoms with Gasteiger partial charge in [-0.1, -0.05) is 11.6 Å². The number of rotatable bonds is 3. The first-order valence-electron chi connectivity index (χ1n) is 16.4. The summed E-state index contributed by atoms with van der Waals surface area (Å²) in [5.41, 5.74) is 6.44. The van der Waals surface area contributed by atoms with Crippen LogP contribution in [0.15, 0.2) is 53.4 Å². The minimum Gasteiger partial charge on any atom is -0.493 e. The molecule has 7 rings (SSSR count). The van der Waals surface area contributed by atoms with Gasteiger partial charge in [0.25, 0.3) is 0 Å². The summed E-state index contributed by atoms with van der Waals surface area (Å²) in [6.07, 6.45) is 0.466. The summed E-state index contributed by atoms with van der Waals surface area (Å²) in [6.45, 7) is 3.97. The lowest BCUT2D eigenvalue weighted by molar-refractivity contribution is -0.119. The number of carboxylic acids is 1. The fraction of sp³-hybridized carbons (Fsp3) is 0.297. The number of hydrogen-bond donors (Lipinski definition) is 2. The van der Waals surface area contributed by atoms with Crippen molar-refractivity contribution in [3.05, 3.63) is 93.4 Å². The van der Waals surface area contributed by atoms with Crippen molar-refractivity contribution in [1.29, 1.82) is 0 Å². The van der Waals surface area contributed by atoms with Crippen LogP contribution >= 0.6 is 35.1 Å². The van der Waals surface area contributed by atoms with Gasteiger partial charge in [-0.3, -0.25) is 14.2 Å². The molecule has 0 saturated heterocycles. The van der Waals surface area contributed by atoms with E-state index in [1.165, 1.54) is 19.1 Å². The van der Waals surface area contributed by atoms with Crippen LogP contribution in [0.3, 0.4) is 0 Å². The number of fused-ring (bicyclic) bond motifs is 8. The first kappa shape index (κ1) is 35.0. The second-order valence-electron chi connectivity index (χ2n) is 12.6. The van der Waals surface area contributed by atoms with Gasteiger partial charge < -0.3 is 19.7 Å². The molecule has 51 heavy (non-hydrogen) atoms. The van der Waals surface area contributed by atoms with Crippen molar-refractivity contribution in [3.8, 4) is 16.9 Å². The average Bonchev–Trinajstić information content (AvgIpc) is 3.70. The number of carbonyl (C=O) groups is 2. The summed E-state index contributed by atoms with van der Waals surface area (Å²) >= 11 is 10.4. The molecule has 0 fully saturated rings. The highest BCUT2D eigenvalue weighted by Crippen LogP contribution is 2.43. The molecule has 8 bridgehead atoms. The highest BCUT2D eigenvalue weighted by molar-refractivity contribution is 7.98. The Kier molecular flexibility index (Phi) is 9.79. The van der Waals surface area contributed by atoms with Gasteiger partial charge in [0.15, 0.2) is 0 Å². The predicted octanol–water partition coefficient (Wildman–Crippen LogP) is 7.87. The molecule has 264 valence electrons. The summed E-state index contributed by atoms with van der Waals surface area (Å²) in [5.74, 6) is 0.767. The summed E-state index contributed by atoms with van der Waals surface area (Å²) in [5, 5.41) is 25.8. The van der Waals surface area contributed by atoms with E-state index in [1.54, 1.807) is 40.2 Å². The highest BCUT2D eigenvalue weighted by atomic mass is 35.5.